The maximum Gasteiger partial charge on any atom is 0.240 e. The van der Waals surface area contributed by atoms with Crippen LogP contribution in [0.2, 0.25) is 0 Å². The first-order valence-corrected chi connectivity index (χ1v) is 8.43. The molecule has 0 spiro atoms. The molecule has 0 aliphatic heterocycles. The molecular weight excluding hydrogens is 290 g/mol. The van der Waals surface area contributed by atoms with Gasteiger partial charge in [-0.2, -0.15) is 0 Å². The van der Waals surface area contributed by atoms with Gasteiger partial charge >= 0.3 is 0 Å². The van der Waals surface area contributed by atoms with Crippen molar-refractivity contribution in [3.8, 4) is 0 Å². The molecule has 0 radical (unpaired) electrons. The van der Waals surface area contributed by atoms with E-state index in [1.165, 1.54) is 0 Å². The van der Waals surface area contributed by atoms with Gasteiger partial charge in [-0.15, -0.1) is 0 Å². The number of anilines is 1. The average molecular weight is 311 g/mol. The molecule has 1 amide bonds. The van der Waals surface area contributed by atoms with Crippen LogP contribution in [0.3, 0.4) is 0 Å². The topological polar surface area (TPSA) is 101 Å². The molecule has 1 saturated carbocycles. The molecule has 21 heavy (non-hydrogen) atoms. The number of sulfonamides is 1. The molecule has 0 aromatic heterocycles. The van der Waals surface area contributed by atoms with E-state index in [4.69, 9.17) is 5.73 Å². The van der Waals surface area contributed by atoms with Crippen LogP contribution >= 0.6 is 0 Å². The number of benzene rings is 1. The Labute approximate surface area is 125 Å². The average Bonchev–Trinajstić information content (AvgIpc) is 3.23. The molecule has 1 aromatic rings. The normalized spacial score (nSPS) is 15.0. The van der Waals surface area contributed by atoms with Crippen LogP contribution in [-0.4, -0.2) is 27.4 Å². The third kappa shape index (κ3) is 3.95. The number of nitrogens with two attached hydrogens (primary N) is 1. The highest BCUT2D eigenvalue weighted by Gasteiger charge is 2.29. The minimum Gasteiger partial charge on any atom is -0.398 e. The van der Waals surface area contributed by atoms with Crippen molar-refractivity contribution in [3.05, 3.63) is 23.3 Å². The number of hydrogen-bond donors (Lipinski definition) is 3. The van der Waals surface area contributed by atoms with Crippen LogP contribution in [0, 0.1) is 19.8 Å². The van der Waals surface area contributed by atoms with Gasteiger partial charge in [-0.05, 0) is 49.9 Å². The van der Waals surface area contributed by atoms with Crippen LogP contribution in [0.25, 0.3) is 0 Å². The van der Waals surface area contributed by atoms with Gasteiger partial charge < -0.3 is 11.1 Å². The first-order valence-electron chi connectivity index (χ1n) is 6.95. The van der Waals surface area contributed by atoms with Crippen molar-refractivity contribution in [3.63, 3.8) is 0 Å². The quantitative estimate of drug-likeness (QED) is 0.531. The van der Waals surface area contributed by atoms with Gasteiger partial charge in [0.15, 0.2) is 0 Å². The lowest BCUT2D eigenvalue weighted by molar-refractivity contribution is -0.122. The van der Waals surface area contributed by atoms with Crippen molar-refractivity contribution in [1.82, 2.24) is 10.0 Å². The molecule has 6 nitrogen and oxygen atoms in total. The Balaban J connectivity index is 1.96. The first kappa shape index (κ1) is 15.8. The fourth-order valence-electron chi connectivity index (χ4n) is 2.07. The Bertz CT molecular complexity index is 652. The van der Waals surface area contributed by atoms with Crippen LogP contribution < -0.4 is 15.8 Å². The number of carbonyl (C=O) groups excluding carboxylic acids is 1. The van der Waals surface area contributed by atoms with Gasteiger partial charge in [0.05, 0.1) is 4.90 Å². The second kappa shape index (κ2) is 6.03. The SMILES string of the molecule is Cc1cc(N)c(C)c(S(=O)(=O)NCCNC(=O)C2CC2)c1. The first-order chi connectivity index (χ1) is 9.81. The smallest absolute Gasteiger partial charge is 0.240 e. The Morgan fingerprint density at radius 2 is 1.95 bits per heavy atom. The summed E-state index contributed by atoms with van der Waals surface area (Å²) < 4.78 is 27.0. The number of hydrogen-bond acceptors (Lipinski definition) is 4. The molecular formula is C14H21N3O3S. The van der Waals surface area contributed by atoms with Crippen molar-refractivity contribution < 1.29 is 13.2 Å². The number of rotatable bonds is 6. The molecule has 2 rings (SSSR count). The van der Waals surface area contributed by atoms with Gasteiger partial charge in [0.25, 0.3) is 0 Å². The highest BCUT2D eigenvalue weighted by atomic mass is 32.2. The summed E-state index contributed by atoms with van der Waals surface area (Å²) in [5, 5.41) is 2.72. The standard InChI is InChI=1S/C14H21N3O3S/c1-9-7-12(15)10(2)13(8-9)21(19,20)17-6-5-16-14(18)11-3-4-11/h7-8,11,17H,3-6,15H2,1-2H3,(H,16,18). The molecule has 7 heteroatoms. The Morgan fingerprint density at radius 1 is 1.29 bits per heavy atom. The Morgan fingerprint density at radius 3 is 2.57 bits per heavy atom. The fourth-order valence-corrected chi connectivity index (χ4v) is 3.46. The molecule has 1 aliphatic rings. The van der Waals surface area contributed by atoms with Crippen LogP contribution in [-0.2, 0) is 14.8 Å². The molecule has 1 fully saturated rings. The lowest BCUT2D eigenvalue weighted by atomic mass is 10.1. The predicted octanol–water partition coefficient (Wildman–Crippen LogP) is 0.690. The number of amides is 1. The van der Waals surface area contributed by atoms with E-state index < -0.39 is 10.0 Å². The van der Waals surface area contributed by atoms with E-state index in [0.29, 0.717) is 11.3 Å². The van der Waals surface area contributed by atoms with Gasteiger partial charge in [-0.25, -0.2) is 13.1 Å². The molecule has 0 saturated heterocycles. The summed E-state index contributed by atoms with van der Waals surface area (Å²) in [5.41, 5.74) is 7.59. The zero-order valence-electron chi connectivity index (χ0n) is 12.3. The molecule has 0 unspecified atom stereocenters. The summed E-state index contributed by atoms with van der Waals surface area (Å²) in [7, 11) is -3.62. The van der Waals surface area contributed by atoms with E-state index in [1.54, 1.807) is 26.0 Å². The highest BCUT2D eigenvalue weighted by molar-refractivity contribution is 7.89. The Hall–Kier alpha value is -1.60. The molecule has 1 aromatic carbocycles. The predicted molar refractivity (Wildman–Crippen MR) is 81.3 cm³/mol. The van der Waals surface area contributed by atoms with E-state index in [2.05, 4.69) is 10.0 Å². The zero-order chi connectivity index (χ0) is 15.6. The minimum absolute atomic E-state index is 0.00479. The zero-order valence-corrected chi connectivity index (χ0v) is 13.1. The summed E-state index contributed by atoms with van der Waals surface area (Å²) in [4.78, 5) is 11.6. The van der Waals surface area contributed by atoms with Crippen molar-refractivity contribution in [2.45, 2.75) is 31.6 Å². The maximum absolute atomic E-state index is 12.3. The molecule has 116 valence electrons. The third-order valence-electron chi connectivity index (χ3n) is 3.50. The largest absolute Gasteiger partial charge is 0.398 e. The number of carbonyl (C=O) groups is 1. The van der Waals surface area contributed by atoms with Gasteiger partial charge in [-0.1, -0.05) is 0 Å². The van der Waals surface area contributed by atoms with Gasteiger partial charge in [0, 0.05) is 24.7 Å². The minimum atomic E-state index is -3.62. The molecule has 0 atom stereocenters. The van der Waals surface area contributed by atoms with Crippen molar-refractivity contribution in [1.29, 1.82) is 0 Å². The maximum atomic E-state index is 12.3. The van der Waals surface area contributed by atoms with Gasteiger partial charge in [0.2, 0.25) is 15.9 Å². The van der Waals surface area contributed by atoms with Crippen LogP contribution in [0.1, 0.15) is 24.0 Å². The van der Waals surface area contributed by atoms with Gasteiger partial charge in [-0.3, -0.25) is 4.79 Å². The van der Waals surface area contributed by atoms with Crippen LogP contribution in [0.5, 0.6) is 0 Å². The van der Waals surface area contributed by atoms with Crippen LogP contribution in [0.4, 0.5) is 5.69 Å². The molecule has 4 N–H and O–H groups in total. The molecule has 0 bridgehead atoms. The fraction of sp³-hybridized carbons (Fsp3) is 0.500. The van der Waals surface area contributed by atoms with Crippen molar-refractivity contribution in [2.75, 3.05) is 18.8 Å². The highest BCUT2D eigenvalue weighted by Crippen LogP contribution is 2.28. The van der Waals surface area contributed by atoms with E-state index >= 15 is 0 Å². The summed E-state index contributed by atoms with van der Waals surface area (Å²) in [5.74, 6) is 0.130. The summed E-state index contributed by atoms with van der Waals surface area (Å²) in [6.45, 7) is 3.92. The second-order valence-corrected chi connectivity index (χ2v) is 7.18. The van der Waals surface area contributed by atoms with Crippen LogP contribution in [0.15, 0.2) is 17.0 Å². The van der Waals surface area contributed by atoms with E-state index in [-0.39, 0.29) is 29.8 Å². The lowest BCUT2D eigenvalue weighted by Crippen LogP contribution is -2.35. The van der Waals surface area contributed by atoms with E-state index in [0.717, 1.165) is 18.4 Å². The van der Waals surface area contributed by atoms with Crippen molar-refractivity contribution >= 4 is 21.6 Å². The summed E-state index contributed by atoms with van der Waals surface area (Å²) in [6, 6.07) is 3.33. The molecule has 1 aliphatic carbocycles. The Kier molecular flexibility index (Phi) is 4.53. The van der Waals surface area contributed by atoms with E-state index in [1.807, 2.05) is 0 Å². The number of nitrogen functional groups attached to an aromatic ring is 1. The third-order valence-corrected chi connectivity index (χ3v) is 5.09. The molecule has 0 heterocycles. The van der Waals surface area contributed by atoms with Gasteiger partial charge in [0.1, 0.15) is 0 Å². The summed E-state index contributed by atoms with van der Waals surface area (Å²) in [6.07, 6.45) is 1.86. The lowest BCUT2D eigenvalue weighted by Gasteiger charge is -2.12. The number of nitrogens with one attached hydrogen (secondary N) is 2. The van der Waals surface area contributed by atoms with E-state index in [9.17, 15) is 13.2 Å². The monoisotopic (exact) mass is 311 g/mol. The summed E-state index contributed by atoms with van der Waals surface area (Å²) >= 11 is 0. The second-order valence-electron chi connectivity index (χ2n) is 5.44. The number of aryl methyl sites for hydroxylation is 1. The van der Waals surface area contributed by atoms with Crippen molar-refractivity contribution in [2.24, 2.45) is 5.92 Å².